The molecule has 10 nitrogen and oxygen atoms in total. The lowest BCUT2D eigenvalue weighted by Crippen LogP contribution is -2.57. The van der Waals surface area contributed by atoms with Crippen LogP contribution in [-0.2, 0) is 19.2 Å². The summed E-state index contributed by atoms with van der Waals surface area (Å²) < 4.78 is 5.43. The molecule has 0 aliphatic carbocycles. The summed E-state index contributed by atoms with van der Waals surface area (Å²) in [6, 6.07) is 6.25. The van der Waals surface area contributed by atoms with Gasteiger partial charge in [0.2, 0.25) is 5.91 Å². The van der Waals surface area contributed by atoms with Gasteiger partial charge < -0.3 is 19.8 Å². The average molecular weight is 457 g/mol. The summed E-state index contributed by atoms with van der Waals surface area (Å²) in [6.45, 7) is 6.03. The van der Waals surface area contributed by atoms with E-state index in [0.717, 1.165) is 0 Å². The molecule has 3 aliphatic rings. The van der Waals surface area contributed by atoms with Gasteiger partial charge >= 0.3 is 12.1 Å². The molecule has 3 heterocycles. The Bertz CT molecular complexity index is 986. The van der Waals surface area contributed by atoms with Crippen LogP contribution >= 0.6 is 0 Å². The minimum absolute atomic E-state index is 0.0350. The molecule has 10 heteroatoms. The Hall–Kier alpha value is -3.43. The van der Waals surface area contributed by atoms with Crippen LogP contribution in [0, 0.1) is 11.3 Å². The molecule has 0 radical (unpaired) electrons. The SMILES string of the molecule is CC(C)(C)OC(=O)N1CCC2(CC1)CC(=O)NCC2C(=O)ON1C(=O)c2ccccc2C1=O. The molecular weight excluding hydrogens is 430 g/mol. The van der Waals surface area contributed by atoms with Crippen LogP contribution in [0.1, 0.15) is 60.7 Å². The first-order valence-corrected chi connectivity index (χ1v) is 10.9. The molecule has 1 aromatic rings. The third-order valence-electron chi connectivity index (χ3n) is 6.39. The van der Waals surface area contributed by atoms with Crippen molar-refractivity contribution in [1.82, 2.24) is 15.3 Å². The highest BCUT2D eigenvalue weighted by molar-refractivity contribution is 6.20. The van der Waals surface area contributed by atoms with Gasteiger partial charge in [0.05, 0.1) is 17.0 Å². The second kappa shape index (κ2) is 8.17. The van der Waals surface area contributed by atoms with Gasteiger partial charge in [0, 0.05) is 26.1 Å². The van der Waals surface area contributed by atoms with Crippen molar-refractivity contribution in [2.75, 3.05) is 19.6 Å². The second-order valence-corrected chi connectivity index (χ2v) is 9.72. The van der Waals surface area contributed by atoms with E-state index in [0.29, 0.717) is 31.0 Å². The predicted octanol–water partition coefficient (Wildman–Crippen LogP) is 1.89. The number of hydrogen-bond acceptors (Lipinski definition) is 7. The summed E-state index contributed by atoms with van der Waals surface area (Å²) in [6.07, 6.45) is 0.433. The number of carbonyl (C=O) groups excluding carboxylic acids is 5. The Balaban J connectivity index is 1.47. The lowest BCUT2D eigenvalue weighted by molar-refractivity contribution is -0.182. The fraction of sp³-hybridized carbons (Fsp3) is 0.522. The molecule has 0 bridgehead atoms. The first-order chi connectivity index (χ1) is 15.5. The number of amides is 4. The van der Waals surface area contributed by atoms with E-state index in [1.165, 1.54) is 12.1 Å². The lowest BCUT2D eigenvalue weighted by Gasteiger charge is -2.47. The summed E-state index contributed by atoms with van der Waals surface area (Å²) in [5, 5.41) is 3.17. The Labute approximate surface area is 191 Å². The van der Waals surface area contributed by atoms with Gasteiger partial charge in [-0.05, 0) is 51.2 Å². The smallest absolute Gasteiger partial charge is 0.410 e. The van der Waals surface area contributed by atoms with E-state index in [4.69, 9.17) is 9.57 Å². The summed E-state index contributed by atoms with van der Waals surface area (Å²) in [4.78, 5) is 69.8. The minimum Gasteiger partial charge on any atom is -0.444 e. The third-order valence-corrected chi connectivity index (χ3v) is 6.39. The highest BCUT2D eigenvalue weighted by Gasteiger charge is 2.52. The van der Waals surface area contributed by atoms with Gasteiger partial charge in [0.1, 0.15) is 5.60 Å². The van der Waals surface area contributed by atoms with Crippen molar-refractivity contribution in [2.45, 2.75) is 45.6 Å². The molecule has 1 unspecified atom stereocenters. The van der Waals surface area contributed by atoms with E-state index in [9.17, 15) is 24.0 Å². The summed E-state index contributed by atoms with van der Waals surface area (Å²) >= 11 is 0. The zero-order valence-electron chi connectivity index (χ0n) is 18.9. The topological polar surface area (TPSA) is 122 Å². The normalized spacial score (nSPS) is 22.2. The summed E-state index contributed by atoms with van der Waals surface area (Å²) in [5.41, 5.74) is -1.02. The van der Waals surface area contributed by atoms with E-state index >= 15 is 0 Å². The van der Waals surface area contributed by atoms with Gasteiger partial charge in [0.25, 0.3) is 11.8 Å². The van der Waals surface area contributed by atoms with Crippen molar-refractivity contribution in [3.63, 3.8) is 0 Å². The van der Waals surface area contributed by atoms with Crippen LogP contribution in [0.4, 0.5) is 4.79 Å². The monoisotopic (exact) mass is 457 g/mol. The number of benzene rings is 1. The van der Waals surface area contributed by atoms with Crippen molar-refractivity contribution in [3.8, 4) is 0 Å². The number of likely N-dealkylation sites (tertiary alicyclic amines) is 1. The highest BCUT2D eigenvalue weighted by Crippen LogP contribution is 2.45. The molecular formula is C23H27N3O7. The van der Waals surface area contributed by atoms with Crippen LogP contribution in [0.5, 0.6) is 0 Å². The van der Waals surface area contributed by atoms with Gasteiger partial charge in [-0.1, -0.05) is 17.2 Å². The molecule has 176 valence electrons. The quantitative estimate of drug-likeness (QED) is 0.673. The van der Waals surface area contributed by atoms with E-state index in [1.807, 2.05) is 0 Å². The first kappa shape index (κ1) is 22.8. The fourth-order valence-corrected chi connectivity index (χ4v) is 4.66. The summed E-state index contributed by atoms with van der Waals surface area (Å²) in [7, 11) is 0. The second-order valence-electron chi connectivity index (χ2n) is 9.72. The number of nitrogens with zero attached hydrogens (tertiary/aromatic N) is 2. The number of carbonyl (C=O) groups is 5. The average Bonchev–Trinajstić information content (AvgIpc) is 2.98. The number of rotatable bonds is 2. The molecule has 1 N–H and O–H groups in total. The maximum absolute atomic E-state index is 13.2. The van der Waals surface area contributed by atoms with Crippen LogP contribution in [-0.4, -0.2) is 65.0 Å². The van der Waals surface area contributed by atoms with Crippen LogP contribution in [0.3, 0.4) is 0 Å². The molecule has 2 fully saturated rings. The zero-order chi connectivity index (χ0) is 24.0. The molecule has 2 saturated heterocycles. The van der Waals surface area contributed by atoms with Crippen LogP contribution in [0.2, 0.25) is 0 Å². The van der Waals surface area contributed by atoms with E-state index in [2.05, 4.69) is 5.32 Å². The molecule has 3 aliphatic heterocycles. The molecule has 4 rings (SSSR count). The van der Waals surface area contributed by atoms with E-state index in [-0.39, 0.29) is 30.0 Å². The van der Waals surface area contributed by atoms with Crippen molar-refractivity contribution in [3.05, 3.63) is 35.4 Å². The Morgan fingerprint density at radius 2 is 1.61 bits per heavy atom. The lowest BCUT2D eigenvalue weighted by atomic mass is 9.64. The summed E-state index contributed by atoms with van der Waals surface area (Å²) in [5.74, 6) is -3.10. The van der Waals surface area contributed by atoms with E-state index < -0.39 is 40.8 Å². The third kappa shape index (κ3) is 4.29. The number of fused-ring (bicyclic) bond motifs is 1. The zero-order valence-corrected chi connectivity index (χ0v) is 18.9. The standard InChI is InChI=1S/C23H27N3O7/c1-22(2,3)32-21(31)25-10-8-23(9-11-25)12-17(27)24-13-16(23)20(30)33-26-18(28)14-6-4-5-7-15(14)19(26)29/h4-7,16H,8-13H2,1-3H3,(H,24,27). The Kier molecular flexibility index (Phi) is 5.63. The largest absolute Gasteiger partial charge is 0.444 e. The van der Waals surface area contributed by atoms with E-state index in [1.54, 1.807) is 37.8 Å². The Morgan fingerprint density at radius 3 is 2.15 bits per heavy atom. The van der Waals surface area contributed by atoms with Gasteiger partial charge in [0.15, 0.2) is 0 Å². The first-order valence-electron chi connectivity index (χ1n) is 10.9. The van der Waals surface area contributed by atoms with Crippen molar-refractivity contribution >= 4 is 29.8 Å². The van der Waals surface area contributed by atoms with Gasteiger partial charge in [-0.15, -0.1) is 0 Å². The number of ether oxygens (including phenoxy) is 1. The van der Waals surface area contributed by atoms with Crippen LogP contribution < -0.4 is 5.32 Å². The van der Waals surface area contributed by atoms with Crippen LogP contribution in [0.15, 0.2) is 24.3 Å². The molecule has 1 atom stereocenters. The highest BCUT2D eigenvalue weighted by atomic mass is 16.7. The molecule has 1 aromatic carbocycles. The number of hydroxylamine groups is 2. The predicted molar refractivity (Wildman–Crippen MR) is 114 cm³/mol. The number of imide groups is 1. The van der Waals surface area contributed by atoms with Gasteiger partial charge in [-0.2, -0.15) is 0 Å². The molecule has 1 spiro atoms. The van der Waals surface area contributed by atoms with Crippen molar-refractivity contribution in [2.24, 2.45) is 11.3 Å². The maximum Gasteiger partial charge on any atom is 0.410 e. The number of piperidine rings is 2. The van der Waals surface area contributed by atoms with Crippen molar-refractivity contribution < 1.29 is 33.5 Å². The molecule has 33 heavy (non-hydrogen) atoms. The number of hydrogen-bond donors (Lipinski definition) is 1. The number of nitrogens with one attached hydrogen (secondary N) is 1. The van der Waals surface area contributed by atoms with Crippen LogP contribution in [0.25, 0.3) is 0 Å². The molecule has 4 amide bonds. The van der Waals surface area contributed by atoms with Gasteiger partial charge in [-0.25, -0.2) is 9.59 Å². The fourth-order valence-electron chi connectivity index (χ4n) is 4.66. The van der Waals surface area contributed by atoms with Gasteiger partial charge in [-0.3, -0.25) is 14.4 Å². The Morgan fingerprint density at radius 1 is 1.03 bits per heavy atom. The maximum atomic E-state index is 13.2. The molecule has 0 aromatic heterocycles. The minimum atomic E-state index is -0.764. The van der Waals surface area contributed by atoms with Crippen molar-refractivity contribution in [1.29, 1.82) is 0 Å². The molecule has 0 saturated carbocycles.